The fourth-order valence-corrected chi connectivity index (χ4v) is 1.70. The van der Waals surface area contributed by atoms with Gasteiger partial charge in [0.25, 0.3) is 0 Å². The molecule has 0 unspecified atom stereocenters. The molecule has 0 saturated heterocycles. The Morgan fingerprint density at radius 2 is 1.25 bits per heavy atom. The Kier molecular flexibility index (Phi) is 7.91. The predicted octanol–water partition coefficient (Wildman–Crippen LogP) is 3.98. The largest absolute Gasteiger partial charge is 1.00 e. The molecule has 0 atom stereocenters. The topological polar surface area (TPSA) is 12.4 Å². The van der Waals surface area contributed by atoms with E-state index in [2.05, 4.69) is 72.9 Å². The number of hydrogen-bond donors (Lipinski definition) is 0. The van der Waals surface area contributed by atoms with Gasteiger partial charge in [0, 0.05) is 0 Å². The van der Waals surface area contributed by atoms with E-state index in [9.17, 15) is 21.0 Å². The maximum absolute atomic E-state index is 9.84. The van der Waals surface area contributed by atoms with Gasteiger partial charge in [-0.25, -0.2) is 4.99 Å². The van der Waals surface area contributed by atoms with Gasteiger partial charge in [0.1, 0.15) is 0 Å². The molecule has 0 radical (unpaired) electrons. The molecule has 0 aromatic heterocycles. The zero-order valence-corrected chi connectivity index (χ0v) is 13.6. The van der Waals surface area contributed by atoms with Crippen molar-refractivity contribution in [1.82, 2.24) is 0 Å². The summed E-state index contributed by atoms with van der Waals surface area (Å²) in [6.07, 6.45) is 0. The van der Waals surface area contributed by atoms with Crippen molar-refractivity contribution in [2.24, 2.45) is 4.99 Å². The molecule has 24 heavy (non-hydrogen) atoms. The number of aryl methyl sites for hydroxylation is 1. The number of benzene rings is 2. The molecule has 1 nitrogen and oxygen atoms in total. The van der Waals surface area contributed by atoms with E-state index in [0.29, 0.717) is 6.54 Å². The van der Waals surface area contributed by atoms with Crippen LogP contribution in [0, 0.1) is 6.92 Å². The average molecular weight is 366 g/mol. The van der Waals surface area contributed by atoms with E-state index in [0.717, 1.165) is 0 Å². The van der Waals surface area contributed by atoms with E-state index in [1.807, 2.05) is 0 Å². The van der Waals surface area contributed by atoms with Crippen LogP contribution in [0.15, 0.2) is 60.1 Å². The van der Waals surface area contributed by atoms with Gasteiger partial charge in [-0.1, -0.05) is 54.1 Å². The molecule has 0 N–H and O–H groups in total. The van der Waals surface area contributed by atoms with E-state index in [-0.39, 0.29) is 4.70 Å². The molecule has 0 aliphatic carbocycles. The van der Waals surface area contributed by atoms with Crippen LogP contribution in [-0.4, -0.2) is 5.87 Å². The first-order chi connectivity index (χ1) is 10.5. The van der Waals surface area contributed by atoms with Crippen molar-refractivity contribution in [3.8, 4) is 11.1 Å². The van der Waals surface area contributed by atoms with Gasteiger partial charge >= 0.3 is 29.1 Å². The van der Waals surface area contributed by atoms with Crippen molar-refractivity contribution in [2.75, 3.05) is 0 Å². The first-order valence-electron chi connectivity index (χ1n) is 6.48. The van der Waals surface area contributed by atoms with Crippen LogP contribution in [0.5, 0.6) is 0 Å². The van der Waals surface area contributed by atoms with Crippen molar-refractivity contribution >= 4 is 14.0 Å². The second-order valence-corrected chi connectivity index (χ2v) is 5.95. The zero-order valence-electron chi connectivity index (χ0n) is 12.7. The molecule has 0 aliphatic rings. The average Bonchev–Trinajstić information content (AvgIpc) is 2.44. The van der Waals surface area contributed by atoms with E-state index in [1.54, 1.807) is 0 Å². The van der Waals surface area contributed by atoms with Crippen molar-refractivity contribution in [1.29, 1.82) is 0 Å². The maximum Gasteiger partial charge on any atom is -1.00 e. The zero-order chi connectivity index (χ0) is 17.5. The molecule has 132 valence electrons. The molecule has 0 spiro atoms. The van der Waals surface area contributed by atoms with Crippen molar-refractivity contribution in [3.05, 3.63) is 66.2 Å². The minimum Gasteiger partial charge on any atom is -1.00 e. The molecule has 0 amide bonds. The molecule has 0 bridgehead atoms. The molecule has 0 saturated carbocycles. The molecule has 2 rings (SSSR count). The third-order valence-electron chi connectivity index (χ3n) is 2.71. The predicted molar refractivity (Wildman–Crippen MR) is 85.8 cm³/mol. The van der Waals surface area contributed by atoms with Crippen LogP contribution < -0.4 is 4.70 Å². The molecule has 0 aliphatic heterocycles. The monoisotopic (exact) mass is 366 g/mol. The first-order valence-corrected chi connectivity index (χ1v) is 8.18. The van der Waals surface area contributed by atoms with Crippen LogP contribution in [0.4, 0.5) is 21.0 Å². The normalized spacial score (nSPS) is 11.7. The van der Waals surface area contributed by atoms with Crippen molar-refractivity contribution in [3.63, 3.8) is 0 Å². The van der Waals surface area contributed by atoms with Crippen LogP contribution in [-0.2, 0) is 6.54 Å². The van der Waals surface area contributed by atoms with E-state index in [4.69, 9.17) is 0 Å². The number of rotatable bonds is 3. The molecule has 0 fully saturated rings. The summed E-state index contributed by atoms with van der Waals surface area (Å²) in [7, 11) is -8.55. The second kappa shape index (κ2) is 8.67. The minimum atomic E-state index is -8.55. The molecule has 0 heterocycles. The quantitative estimate of drug-likeness (QED) is 0.443. The minimum absolute atomic E-state index is 0. The Labute approximate surface area is 136 Å². The van der Waals surface area contributed by atoms with E-state index >= 15 is 0 Å². The maximum atomic E-state index is 9.84. The summed E-state index contributed by atoms with van der Waals surface area (Å²) in [5, 5.41) is 0. The number of hydrogen-bond acceptors (Lipinski definition) is 1. The summed E-state index contributed by atoms with van der Waals surface area (Å²) >= 11 is 0. The summed E-state index contributed by atoms with van der Waals surface area (Å²) in [6, 6.07) is 17.0. The Morgan fingerprint density at radius 3 is 1.62 bits per heavy atom. The Hall–Kier alpha value is -2.10. The van der Waals surface area contributed by atoms with E-state index in [1.165, 1.54) is 22.3 Å². The summed E-state index contributed by atoms with van der Waals surface area (Å²) in [5.41, 5.74) is 4.94. The molecule has 2 aromatic rings. The third kappa shape index (κ3) is 10.6. The summed E-state index contributed by atoms with van der Waals surface area (Å²) in [4.78, 5) is 3.99. The SMILES string of the molecule is C=C=NCc1ccc(-c2ccc(C)cc2)cc1.FP(F)(F)(F)F.[F-]. The van der Waals surface area contributed by atoms with E-state index < -0.39 is 8.16 Å². The van der Waals surface area contributed by atoms with Crippen LogP contribution in [0.25, 0.3) is 11.1 Å². The molecule has 8 heteroatoms. The Morgan fingerprint density at radius 1 is 0.875 bits per heavy atom. The van der Waals surface area contributed by atoms with Gasteiger partial charge in [-0.05, 0) is 36.1 Å². The summed E-state index contributed by atoms with van der Waals surface area (Å²) in [6.45, 7) is 6.21. The fraction of sp³-hybridized carbons (Fsp3) is 0.125. The smallest absolute Gasteiger partial charge is 1.00 e. The van der Waals surface area contributed by atoms with Crippen molar-refractivity contribution in [2.45, 2.75) is 13.5 Å². The third-order valence-corrected chi connectivity index (χ3v) is 2.71. The molecular weight excluding hydrogens is 351 g/mol. The van der Waals surface area contributed by atoms with Gasteiger partial charge in [-0.15, -0.1) is 0 Å². The van der Waals surface area contributed by atoms with Gasteiger partial charge in [0.05, 0.1) is 6.54 Å². The standard InChI is InChI=1S/C16H15N.F5P.FH/c1-3-17-12-14-6-10-16(11-7-14)15-8-4-13(2)5-9-15;1-6(2,3,4)5;/h4-11H,1,12H2,2H3;;1H/p-1. The van der Waals surface area contributed by atoms with Gasteiger partial charge in [0.15, 0.2) is 0 Å². The molecular formula is C16H15F6NP-. The number of aliphatic imine (C=N–C) groups is 1. The summed E-state index contributed by atoms with van der Waals surface area (Å²) in [5.74, 6) is 2.54. The second-order valence-electron chi connectivity index (χ2n) is 4.68. The number of nitrogens with zero attached hydrogens (tertiary/aromatic N) is 1. The number of halogens is 6. The molecule has 2 aromatic carbocycles. The first kappa shape index (κ1) is 21.9. The van der Waals surface area contributed by atoms with Gasteiger partial charge in [-0.2, -0.15) is 0 Å². The Balaban J connectivity index is 0.000000655. The fourth-order valence-electron chi connectivity index (χ4n) is 1.70. The van der Waals surface area contributed by atoms with Gasteiger partial charge in [-0.3, -0.25) is 0 Å². The van der Waals surface area contributed by atoms with Crippen LogP contribution in [0.3, 0.4) is 0 Å². The van der Waals surface area contributed by atoms with Crippen LogP contribution in [0.2, 0.25) is 0 Å². The van der Waals surface area contributed by atoms with Gasteiger partial charge in [0.2, 0.25) is 0 Å². The van der Waals surface area contributed by atoms with Crippen molar-refractivity contribution < 1.29 is 25.7 Å². The van der Waals surface area contributed by atoms with Crippen LogP contribution in [0.1, 0.15) is 11.1 Å². The summed E-state index contributed by atoms with van der Waals surface area (Å²) < 4.78 is 49.2. The van der Waals surface area contributed by atoms with Crippen LogP contribution >= 0.6 is 8.16 Å². The van der Waals surface area contributed by atoms with Gasteiger partial charge < -0.3 is 4.70 Å². The Bertz CT molecular complexity index is 666.